The molecule has 2 N–H and O–H groups in total. The molecule has 0 spiro atoms. The summed E-state index contributed by atoms with van der Waals surface area (Å²) in [5, 5.41) is 10.8. The lowest BCUT2D eigenvalue weighted by atomic mass is 10.1. The van der Waals surface area contributed by atoms with Gasteiger partial charge in [0.2, 0.25) is 11.7 Å². The Hall–Kier alpha value is -2.63. The van der Waals surface area contributed by atoms with E-state index >= 15 is 0 Å². The van der Waals surface area contributed by atoms with Gasteiger partial charge in [-0.1, -0.05) is 30.3 Å². The number of anilines is 1. The normalized spacial score (nSPS) is 10.1. The molecule has 0 aliphatic heterocycles. The standard InChI is InChI=1S/C12H11N3O3/c1-18-12-9(8-5-3-2-4-6-8)7-10(15(16)17)11(13)14-12/h2-7H,1H3,(H2,13,14). The summed E-state index contributed by atoms with van der Waals surface area (Å²) in [5.41, 5.74) is 6.61. The van der Waals surface area contributed by atoms with E-state index in [0.717, 1.165) is 5.56 Å². The van der Waals surface area contributed by atoms with E-state index in [-0.39, 0.29) is 17.4 Å². The van der Waals surface area contributed by atoms with Crippen molar-refractivity contribution in [3.8, 4) is 17.0 Å². The maximum absolute atomic E-state index is 10.8. The molecule has 1 aromatic carbocycles. The second kappa shape index (κ2) is 4.70. The summed E-state index contributed by atoms with van der Waals surface area (Å²) < 4.78 is 5.10. The molecule has 0 amide bonds. The first kappa shape index (κ1) is 11.8. The minimum Gasteiger partial charge on any atom is -0.480 e. The zero-order valence-electron chi connectivity index (χ0n) is 9.66. The largest absolute Gasteiger partial charge is 0.480 e. The monoisotopic (exact) mass is 245 g/mol. The Morgan fingerprint density at radius 3 is 2.56 bits per heavy atom. The second-order valence-corrected chi connectivity index (χ2v) is 3.57. The van der Waals surface area contributed by atoms with Crippen LogP contribution in [0.4, 0.5) is 11.5 Å². The van der Waals surface area contributed by atoms with E-state index < -0.39 is 4.92 Å². The summed E-state index contributed by atoms with van der Waals surface area (Å²) in [5.74, 6) is 0.112. The SMILES string of the molecule is COc1nc(N)c([N+](=O)[O-])cc1-c1ccccc1. The van der Waals surface area contributed by atoms with Crippen LogP contribution in [-0.4, -0.2) is 17.0 Å². The van der Waals surface area contributed by atoms with Crippen LogP contribution in [0.25, 0.3) is 11.1 Å². The van der Waals surface area contributed by atoms with Crippen molar-refractivity contribution in [2.75, 3.05) is 12.8 Å². The molecule has 6 nitrogen and oxygen atoms in total. The first-order chi connectivity index (χ1) is 8.63. The summed E-state index contributed by atoms with van der Waals surface area (Å²) in [6, 6.07) is 10.5. The minimum atomic E-state index is -0.561. The molecule has 2 rings (SSSR count). The number of ether oxygens (including phenoxy) is 1. The highest BCUT2D eigenvalue weighted by Gasteiger charge is 2.19. The van der Waals surface area contributed by atoms with Crippen LogP contribution in [0.3, 0.4) is 0 Å². The molecule has 0 saturated heterocycles. The van der Waals surface area contributed by atoms with E-state index in [4.69, 9.17) is 10.5 Å². The third-order valence-electron chi connectivity index (χ3n) is 2.47. The van der Waals surface area contributed by atoms with Crippen molar-refractivity contribution in [2.45, 2.75) is 0 Å². The number of nitrogens with two attached hydrogens (primary N) is 1. The Morgan fingerprint density at radius 1 is 1.33 bits per heavy atom. The first-order valence-corrected chi connectivity index (χ1v) is 5.18. The lowest BCUT2D eigenvalue weighted by Gasteiger charge is -2.08. The van der Waals surface area contributed by atoms with Gasteiger partial charge >= 0.3 is 5.69 Å². The fourth-order valence-electron chi connectivity index (χ4n) is 1.63. The van der Waals surface area contributed by atoms with E-state index in [1.165, 1.54) is 13.2 Å². The predicted molar refractivity (Wildman–Crippen MR) is 67.3 cm³/mol. The molecule has 0 aliphatic carbocycles. The number of benzene rings is 1. The van der Waals surface area contributed by atoms with Gasteiger partial charge in [-0.3, -0.25) is 10.1 Å². The molecule has 1 aromatic heterocycles. The molecular formula is C12H11N3O3. The third-order valence-corrected chi connectivity index (χ3v) is 2.47. The van der Waals surface area contributed by atoms with Crippen LogP contribution in [0.5, 0.6) is 5.88 Å². The topological polar surface area (TPSA) is 91.3 Å². The molecule has 2 aromatic rings. The summed E-state index contributed by atoms with van der Waals surface area (Å²) in [6.45, 7) is 0. The van der Waals surface area contributed by atoms with E-state index in [9.17, 15) is 10.1 Å². The molecular weight excluding hydrogens is 234 g/mol. The van der Waals surface area contributed by atoms with Gasteiger partial charge < -0.3 is 10.5 Å². The van der Waals surface area contributed by atoms with Gasteiger partial charge in [0, 0.05) is 6.07 Å². The summed E-state index contributed by atoms with van der Waals surface area (Å²) >= 11 is 0. The Labute approximate surface area is 103 Å². The van der Waals surface area contributed by atoms with Crippen LogP contribution >= 0.6 is 0 Å². The minimum absolute atomic E-state index is 0.156. The Balaban J connectivity index is 2.65. The van der Waals surface area contributed by atoms with E-state index in [2.05, 4.69) is 4.98 Å². The van der Waals surface area contributed by atoms with Crippen molar-refractivity contribution in [1.82, 2.24) is 4.98 Å². The van der Waals surface area contributed by atoms with Crippen LogP contribution in [-0.2, 0) is 0 Å². The smallest absolute Gasteiger partial charge is 0.312 e. The van der Waals surface area contributed by atoms with E-state index in [1.807, 2.05) is 30.3 Å². The lowest BCUT2D eigenvalue weighted by molar-refractivity contribution is -0.384. The number of aromatic nitrogens is 1. The molecule has 1 heterocycles. The molecule has 0 bridgehead atoms. The van der Waals surface area contributed by atoms with Crippen LogP contribution in [0.1, 0.15) is 0 Å². The average molecular weight is 245 g/mol. The summed E-state index contributed by atoms with van der Waals surface area (Å²) in [6.07, 6.45) is 0. The number of hydrogen-bond acceptors (Lipinski definition) is 5. The number of pyridine rings is 1. The highest BCUT2D eigenvalue weighted by molar-refractivity contribution is 5.74. The van der Waals surface area contributed by atoms with Gasteiger partial charge in [0.1, 0.15) is 0 Å². The second-order valence-electron chi connectivity index (χ2n) is 3.57. The lowest BCUT2D eigenvalue weighted by Crippen LogP contribution is -2.02. The molecule has 0 radical (unpaired) electrons. The van der Waals surface area contributed by atoms with Crippen molar-refractivity contribution in [1.29, 1.82) is 0 Å². The highest BCUT2D eigenvalue weighted by Crippen LogP contribution is 2.34. The number of nitro groups is 1. The fraction of sp³-hybridized carbons (Fsp3) is 0.0833. The van der Waals surface area contributed by atoms with E-state index in [0.29, 0.717) is 5.56 Å². The molecule has 0 unspecified atom stereocenters. The van der Waals surface area contributed by atoms with Gasteiger partial charge in [0.25, 0.3) is 0 Å². The zero-order valence-corrected chi connectivity index (χ0v) is 9.66. The third kappa shape index (κ3) is 2.08. The Morgan fingerprint density at radius 2 is 2.00 bits per heavy atom. The van der Waals surface area contributed by atoms with Gasteiger partial charge in [-0.2, -0.15) is 4.98 Å². The van der Waals surface area contributed by atoms with Crippen molar-refractivity contribution in [3.63, 3.8) is 0 Å². The van der Waals surface area contributed by atoms with Crippen LogP contribution in [0.15, 0.2) is 36.4 Å². The number of rotatable bonds is 3. The highest BCUT2D eigenvalue weighted by atomic mass is 16.6. The summed E-state index contributed by atoms with van der Waals surface area (Å²) in [4.78, 5) is 14.2. The number of methoxy groups -OCH3 is 1. The molecule has 0 fully saturated rings. The Kier molecular flexibility index (Phi) is 3.09. The number of hydrogen-bond donors (Lipinski definition) is 1. The van der Waals surface area contributed by atoms with Crippen molar-refractivity contribution >= 4 is 11.5 Å². The first-order valence-electron chi connectivity index (χ1n) is 5.18. The molecule has 18 heavy (non-hydrogen) atoms. The maximum Gasteiger partial charge on any atom is 0.312 e. The fourth-order valence-corrected chi connectivity index (χ4v) is 1.63. The molecule has 6 heteroatoms. The van der Waals surface area contributed by atoms with Gasteiger partial charge in [0.05, 0.1) is 17.6 Å². The Bertz CT molecular complexity index is 585. The van der Waals surface area contributed by atoms with Crippen LogP contribution in [0.2, 0.25) is 0 Å². The van der Waals surface area contributed by atoms with Crippen LogP contribution < -0.4 is 10.5 Å². The number of nitrogen functional groups attached to an aromatic ring is 1. The molecule has 92 valence electrons. The predicted octanol–water partition coefficient (Wildman–Crippen LogP) is 2.25. The van der Waals surface area contributed by atoms with Gasteiger partial charge in [0.15, 0.2) is 0 Å². The molecule has 0 saturated carbocycles. The van der Waals surface area contributed by atoms with Crippen molar-refractivity contribution in [3.05, 3.63) is 46.5 Å². The number of nitrogens with zero attached hydrogens (tertiary/aromatic N) is 2. The molecule has 0 aliphatic rings. The van der Waals surface area contributed by atoms with Crippen molar-refractivity contribution < 1.29 is 9.66 Å². The summed E-state index contributed by atoms with van der Waals surface area (Å²) in [7, 11) is 1.44. The van der Waals surface area contributed by atoms with Crippen LogP contribution in [0, 0.1) is 10.1 Å². The quantitative estimate of drug-likeness (QED) is 0.661. The average Bonchev–Trinajstić information content (AvgIpc) is 2.39. The van der Waals surface area contributed by atoms with Gasteiger partial charge in [-0.15, -0.1) is 0 Å². The molecule has 0 atom stereocenters. The van der Waals surface area contributed by atoms with Crippen molar-refractivity contribution in [2.24, 2.45) is 0 Å². The van der Waals surface area contributed by atoms with E-state index in [1.54, 1.807) is 0 Å². The van der Waals surface area contributed by atoms with Gasteiger partial charge in [-0.25, -0.2) is 0 Å². The maximum atomic E-state index is 10.8. The zero-order chi connectivity index (χ0) is 13.1. The van der Waals surface area contributed by atoms with Gasteiger partial charge in [-0.05, 0) is 5.56 Å².